The number of tetrazole rings is 1. The fourth-order valence-corrected chi connectivity index (χ4v) is 3.76. The van der Waals surface area contributed by atoms with Crippen molar-refractivity contribution in [2.45, 2.75) is 6.04 Å². The first-order valence-electron chi connectivity index (χ1n) is 9.61. The minimum absolute atomic E-state index is 0.294. The minimum Gasteiger partial charge on any atom is -0.497 e. The van der Waals surface area contributed by atoms with Gasteiger partial charge in [-0.1, -0.05) is 29.4 Å². The van der Waals surface area contributed by atoms with Gasteiger partial charge in [0.2, 0.25) is 5.95 Å². The van der Waals surface area contributed by atoms with Crippen LogP contribution in [0.25, 0.3) is 11.3 Å². The van der Waals surface area contributed by atoms with E-state index in [9.17, 15) is 9.59 Å². The van der Waals surface area contributed by atoms with Gasteiger partial charge in [0.25, 0.3) is 5.56 Å². The van der Waals surface area contributed by atoms with Crippen molar-refractivity contribution in [3.8, 4) is 17.0 Å². The molecule has 1 aliphatic rings. The third-order valence-corrected chi connectivity index (χ3v) is 5.26. The molecule has 0 amide bonds. The number of aromatic nitrogens is 6. The van der Waals surface area contributed by atoms with E-state index in [1.165, 1.54) is 7.11 Å². The highest BCUT2D eigenvalue weighted by Crippen LogP contribution is 2.41. The maximum Gasteiger partial charge on any atom is 0.337 e. The Morgan fingerprint density at radius 1 is 1.12 bits per heavy atom. The number of anilines is 2. The summed E-state index contributed by atoms with van der Waals surface area (Å²) >= 11 is 0. The second kappa shape index (κ2) is 7.61. The molecule has 0 spiro atoms. The van der Waals surface area contributed by atoms with Crippen LogP contribution in [-0.4, -0.2) is 50.6 Å². The van der Waals surface area contributed by atoms with Crippen molar-refractivity contribution in [2.75, 3.05) is 19.5 Å². The van der Waals surface area contributed by atoms with Crippen molar-refractivity contribution in [1.82, 2.24) is 30.4 Å². The van der Waals surface area contributed by atoms with E-state index >= 15 is 0 Å². The molecule has 1 aliphatic heterocycles. The van der Waals surface area contributed by atoms with Crippen LogP contribution in [-0.2, 0) is 4.74 Å². The zero-order valence-electron chi connectivity index (χ0n) is 17.1. The number of H-pyrrole nitrogens is 1. The van der Waals surface area contributed by atoms with Gasteiger partial charge in [0.05, 0.1) is 25.5 Å². The molecule has 0 saturated heterocycles. The second-order valence-corrected chi connectivity index (χ2v) is 7.01. The zero-order valence-corrected chi connectivity index (χ0v) is 17.1. The molecule has 0 aliphatic carbocycles. The quantitative estimate of drug-likeness (QED) is 0.409. The summed E-state index contributed by atoms with van der Waals surface area (Å²) in [5, 5.41) is 21.7. The van der Waals surface area contributed by atoms with Gasteiger partial charge in [-0.2, -0.15) is 9.78 Å². The lowest BCUT2D eigenvalue weighted by atomic mass is 9.92. The van der Waals surface area contributed by atoms with Crippen molar-refractivity contribution < 1.29 is 14.3 Å². The highest BCUT2D eigenvalue weighted by molar-refractivity contribution is 5.89. The average Bonchev–Trinajstić information content (AvgIpc) is 3.31. The molecule has 1 atom stereocenters. The Morgan fingerprint density at radius 3 is 2.69 bits per heavy atom. The van der Waals surface area contributed by atoms with Gasteiger partial charge in [0.15, 0.2) is 0 Å². The van der Waals surface area contributed by atoms with E-state index in [1.807, 2.05) is 24.3 Å². The number of hydrogen-bond acceptors (Lipinski definition) is 9. The Balaban J connectivity index is 1.74. The number of aromatic amines is 1. The molecule has 0 bridgehead atoms. The van der Waals surface area contributed by atoms with Crippen molar-refractivity contribution in [3.63, 3.8) is 0 Å². The molecule has 32 heavy (non-hydrogen) atoms. The minimum atomic E-state index is -0.570. The molecule has 5 rings (SSSR count). The zero-order chi connectivity index (χ0) is 22.2. The van der Waals surface area contributed by atoms with E-state index < -0.39 is 17.6 Å². The van der Waals surface area contributed by atoms with Crippen molar-refractivity contribution in [3.05, 3.63) is 75.6 Å². The monoisotopic (exact) mass is 431 g/mol. The molecule has 0 saturated carbocycles. The van der Waals surface area contributed by atoms with E-state index in [-0.39, 0.29) is 0 Å². The second-order valence-electron chi connectivity index (χ2n) is 7.01. The Bertz CT molecular complexity index is 1380. The third kappa shape index (κ3) is 3.07. The van der Waals surface area contributed by atoms with Crippen LogP contribution in [0.4, 0.5) is 11.6 Å². The van der Waals surface area contributed by atoms with Crippen LogP contribution in [0, 0.1) is 0 Å². The normalized spacial score (nSPS) is 14.1. The van der Waals surface area contributed by atoms with Crippen LogP contribution < -0.4 is 15.6 Å². The largest absolute Gasteiger partial charge is 0.497 e. The van der Waals surface area contributed by atoms with Crippen molar-refractivity contribution in [1.29, 1.82) is 0 Å². The fraction of sp³-hybridized carbons (Fsp3) is 0.143. The molecule has 0 radical (unpaired) electrons. The average molecular weight is 431 g/mol. The number of esters is 1. The number of benzene rings is 2. The lowest BCUT2D eigenvalue weighted by molar-refractivity contribution is 0.0600. The first kappa shape index (κ1) is 19.4. The van der Waals surface area contributed by atoms with Crippen LogP contribution >= 0.6 is 0 Å². The molecular weight excluding hydrogens is 414 g/mol. The van der Waals surface area contributed by atoms with Crippen LogP contribution in [0.1, 0.15) is 27.5 Å². The summed E-state index contributed by atoms with van der Waals surface area (Å²) in [5.41, 5.74) is 2.91. The van der Waals surface area contributed by atoms with Gasteiger partial charge in [-0.25, -0.2) is 9.89 Å². The Morgan fingerprint density at radius 2 is 1.94 bits per heavy atom. The predicted octanol–water partition coefficient (Wildman–Crippen LogP) is 1.91. The van der Waals surface area contributed by atoms with E-state index in [0.717, 1.165) is 11.1 Å². The summed E-state index contributed by atoms with van der Waals surface area (Å²) in [6.07, 6.45) is 0. The molecule has 0 fully saturated rings. The smallest absolute Gasteiger partial charge is 0.337 e. The van der Waals surface area contributed by atoms with Gasteiger partial charge < -0.3 is 14.8 Å². The fourth-order valence-electron chi connectivity index (χ4n) is 3.76. The molecule has 2 aromatic carbocycles. The number of nitrogens with one attached hydrogen (secondary N) is 2. The molecule has 11 heteroatoms. The number of hydrogen-bond donors (Lipinski definition) is 2. The number of nitrogens with zero attached hydrogens (tertiary/aromatic N) is 5. The number of carbonyl (C=O) groups is 1. The van der Waals surface area contributed by atoms with Crippen LogP contribution in [0.5, 0.6) is 5.75 Å². The number of carbonyl (C=O) groups excluding carboxylic acids is 1. The molecular formula is C21H17N7O4. The van der Waals surface area contributed by atoms with Crippen LogP contribution in [0.2, 0.25) is 0 Å². The van der Waals surface area contributed by atoms with Crippen LogP contribution in [0.3, 0.4) is 0 Å². The Hall–Kier alpha value is -4.54. The summed E-state index contributed by atoms with van der Waals surface area (Å²) in [6.45, 7) is 0. The Labute approximate surface area is 181 Å². The topological polar surface area (TPSA) is 137 Å². The lowest BCUT2D eigenvalue weighted by Crippen LogP contribution is -2.29. The molecule has 160 valence electrons. The molecule has 2 aromatic heterocycles. The van der Waals surface area contributed by atoms with E-state index in [1.54, 1.807) is 36.1 Å². The third-order valence-electron chi connectivity index (χ3n) is 5.26. The number of methoxy groups -OCH3 is 2. The van der Waals surface area contributed by atoms with E-state index in [0.29, 0.717) is 34.2 Å². The molecule has 4 aromatic rings. The first-order chi connectivity index (χ1) is 15.6. The summed E-state index contributed by atoms with van der Waals surface area (Å²) in [5.74, 6) is 0.517. The standard InChI is InChI=1S/C21H17N7O4/c1-31-14-5-3-4-13(10-14)16-15-17(19(29)24-23-16)22-21-25-26-27-28(21)18(15)11-6-8-12(9-7-11)20(30)32-2/h3-10,18H,1-2H3,(H,24,29)(H,22,25,27)/t18-/m1/s1. The maximum absolute atomic E-state index is 12.7. The van der Waals surface area contributed by atoms with Gasteiger partial charge in [0, 0.05) is 11.1 Å². The van der Waals surface area contributed by atoms with Gasteiger partial charge in [-0.15, -0.1) is 0 Å². The maximum atomic E-state index is 12.7. The van der Waals surface area contributed by atoms with E-state index in [4.69, 9.17) is 9.47 Å². The van der Waals surface area contributed by atoms with Gasteiger partial charge in [-0.3, -0.25) is 4.79 Å². The molecule has 11 nitrogen and oxygen atoms in total. The van der Waals surface area contributed by atoms with Crippen molar-refractivity contribution in [2.24, 2.45) is 0 Å². The van der Waals surface area contributed by atoms with Gasteiger partial charge in [0.1, 0.15) is 17.5 Å². The SMILES string of the molecule is COC(=O)c1ccc([C@@H]2c3c(-c4cccc(OC)c4)n[nH]c(=O)c3Nc3nnnn32)cc1. The van der Waals surface area contributed by atoms with Crippen LogP contribution in [0.15, 0.2) is 53.3 Å². The summed E-state index contributed by atoms with van der Waals surface area (Å²) in [7, 11) is 2.90. The molecule has 0 unspecified atom stereocenters. The first-order valence-corrected chi connectivity index (χ1v) is 9.61. The predicted molar refractivity (Wildman–Crippen MR) is 113 cm³/mol. The number of ether oxygens (including phenoxy) is 2. The Kier molecular flexibility index (Phi) is 4.62. The molecule has 2 N–H and O–H groups in total. The number of fused-ring (bicyclic) bond motifs is 2. The van der Waals surface area contributed by atoms with Gasteiger partial charge >= 0.3 is 5.97 Å². The summed E-state index contributed by atoms with van der Waals surface area (Å²) < 4.78 is 11.7. The highest BCUT2D eigenvalue weighted by Gasteiger charge is 2.34. The summed E-state index contributed by atoms with van der Waals surface area (Å²) in [4.78, 5) is 24.6. The highest BCUT2D eigenvalue weighted by atomic mass is 16.5. The van der Waals surface area contributed by atoms with E-state index in [2.05, 4.69) is 31.0 Å². The number of rotatable bonds is 4. The van der Waals surface area contributed by atoms with Crippen molar-refractivity contribution >= 4 is 17.6 Å². The molecule has 3 heterocycles. The summed E-state index contributed by atoms with van der Waals surface area (Å²) in [6, 6.07) is 13.6. The lowest BCUT2D eigenvalue weighted by Gasteiger charge is -2.28. The van der Waals surface area contributed by atoms with Gasteiger partial charge in [-0.05, 0) is 40.3 Å².